The van der Waals surface area contributed by atoms with Crippen molar-refractivity contribution in [3.8, 4) is 11.8 Å². The smallest absolute Gasteiger partial charge is 0.137 e. The second kappa shape index (κ2) is 8.42. The van der Waals surface area contributed by atoms with Gasteiger partial charge >= 0.3 is 0 Å². The number of ether oxygens (including phenoxy) is 1. The summed E-state index contributed by atoms with van der Waals surface area (Å²) >= 11 is 1.74. The first-order valence-electron chi connectivity index (χ1n) is 6.82. The fourth-order valence-electron chi connectivity index (χ4n) is 1.86. The normalized spacial score (nSPS) is 11.8. The molecule has 4 nitrogen and oxygen atoms in total. The lowest BCUT2D eigenvalue weighted by Crippen LogP contribution is -2.32. The Hall–Kier alpha value is -1.87. The number of aliphatic hydroxyl groups is 1. The van der Waals surface area contributed by atoms with Crippen LogP contribution in [0, 0.1) is 11.3 Å². The molecule has 1 unspecified atom stereocenters. The number of hydrogen-bond donors (Lipinski definition) is 2. The Morgan fingerprint density at radius 1 is 1.29 bits per heavy atom. The fraction of sp³-hybridized carbons (Fsp3) is 0.312. The Morgan fingerprint density at radius 2 is 2.14 bits per heavy atom. The van der Waals surface area contributed by atoms with Crippen LogP contribution in [-0.4, -0.2) is 30.9 Å². The monoisotopic (exact) mass is 302 g/mol. The number of nitrogens with one attached hydrogen (secondary N) is 1. The average molecular weight is 302 g/mol. The number of benzene rings is 1. The summed E-state index contributed by atoms with van der Waals surface area (Å²) in [5, 5.41) is 24.1. The van der Waals surface area contributed by atoms with Gasteiger partial charge in [0, 0.05) is 18.0 Å². The molecular weight excluding hydrogens is 284 g/mol. The number of para-hydroxylation sites is 1. The molecule has 0 saturated heterocycles. The molecular formula is C16H18N2O2S. The first-order chi connectivity index (χ1) is 10.3. The summed E-state index contributed by atoms with van der Waals surface area (Å²) in [6, 6.07) is 13.2. The van der Waals surface area contributed by atoms with E-state index in [9.17, 15) is 5.11 Å². The second-order valence-electron chi connectivity index (χ2n) is 4.61. The molecule has 0 aliphatic heterocycles. The summed E-state index contributed by atoms with van der Waals surface area (Å²) in [4.78, 5) is 1.33. The molecule has 0 bridgehead atoms. The summed E-state index contributed by atoms with van der Waals surface area (Å²) in [6.45, 7) is 1.47. The molecule has 0 aliphatic carbocycles. The van der Waals surface area contributed by atoms with Gasteiger partial charge in [0.25, 0.3) is 0 Å². The third-order valence-electron chi connectivity index (χ3n) is 2.95. The zero-order valence-electron chi connectivity index (χ0n) is 11.7. The van der Waals surface area contributed by atoms with Crippen molar-refractivity contribution in [1.82, 2.24) is 5.32 Å². The Balaban J connectivity index is 1.65. The number of nitriles is 1. The van der Waals surface area contributed by atoms with E-state index >= 15 is 0 Å². The van der Waals surface area contributed by atoms with Crippen molar-refractivity contribution in [2.24, 2.45) is 0 Å². The molecule has 110 valence electrons. The lowest BCUT2D eigenvalue weighted by Gasteiger charge is -2.13. The predicted molar refractivity (Wildman–Crippen MR) is 83.6 cm³/mol. The van der Waals surface area contributed by atoms with E-state index in [0.29, 0.717) is 17.9 Å². The van der Waals surface area contributed by atoms with E-state index in [1.807, 2.05) is 12.1 Å². The van der Waals surface area contributed by atoms with E-state index < -0.39 is 6.10 Å². The minimum absolute atomic E-state index is 0.171. The lowest BCUT2D eigenvalue weighted by molar-refractivity contribution is 0.106. The molecule has 2 rings (SSSR count). The first kappa shape index (κ1) is 15.5. The molecule has 21 heavy (non-hydrogen) atoms. The van der Waals surface area contributed by atoms with Crippen LogP contribution in [0.25, 0.3) is 0 Å². The van der Waals surface area contributed by atoms with Crippen LogP contribution in [0.5, 0.6) is 5.75 Å². The molecule has 2 N–H and O–H groups in total. The van der Waals surface area contributed by atoms with Crippen LogP contribution >= 0.6 is 11.3 Å². The molecule has 1 aromatic heterocycles. The topological polar surface area (TPSA) is 65.3 Å². The molecule has 1 atom stereocenters. The van der Waals surface area contributed by atoms with Gasteiger partial charge in [-0.3, -0.25) is 0 Å². The van der Waals surface area contributed by atoms with Gasteiger partial charge in [-0.05, 0) is 30.0 Å². The van der Waals surface area contributed by atoms with E-state index in [-0.39, 0.29) is 6.61 Å². The second-order valence-corrected chi connectivity index (χ2v) is 5.64. The largest absolute Gasteiger partial charge is 0.489 e. The predicted octanol–water partition coefficient (Wildman–Crippen LogP) is 2.19. The first-order valence-corrected chi connectivity index (χ1v) is 7.70. The minimum Gasteiger partial charge on any atom is -0.489 e. The maximum absolute atomic E-state index is 9.86. The molecule has 5 heteroatoms. The van der Waals surface area contributed by atoms with E-state index in [1.54, 1.807) is 29.5 Å². The highest BCUT2D eigenvalue weighted by Crippen LogP contribution is 2.16. The molecule has 0 spiro atoms. The number of thiophene rings is 1. The van der Waals surface area contributed by atoms with Gasteiger partial charge < -0.3 is 15.2 Å². The van der Waals surface area contributed by atoms with Crippen LogP contribution in [0.4, 0.5) is 0 Å². The molecule has 0 aliphatic rings. The van der Waals surface area contributed by atoms with Gasteiger partial charge in [0.15, 0.2) is 0 Å². The van der Waals surface area contributed by atoms with E-state index in [1.165, 1.54) is 4.88 Å². The Bertz CT molecular complexity index is 578. The van der Waals surface area contributed by atoms with Crippen molar-refractivity contribution < 1.29 is 9.84 Å². The highest BCUT2D eigenvalue weighted by atomic mass is 32.1. The third-order valence-corrected chi connectivity index (χ3v) is 3.88. The third kappa shape index (κ3) is 5.20. The molecule has 1 heterocycles. The number of aliphatic hydroxyl groups excluding tert-OH is 1. The van der Waals surface area contributed by atoms with Crippen molar-refractivity contribution in [3.05, 3.63) is 52.2 Å². The Kier molecular flexibility index (Phi) is 6.22. The number of nitrogens with zero attached hydrogens (tertiary/aromatic N) is 1. The molecule has 2 aromatic rings. The molecule has 1 aromatic carbocycles. The fourth-order valence-corrected chi connectivity index (χ4v) is 2.57. The Morgan fingerprint density at radius 3 is 2.90 bits per heavy atom. The van der Waals surface area contributed by atoms with Gasteiger partial charge in [-0.1, -0.05) is 18.2 Å². The van der Waals surface area contributed by atoms with Crippen LogP contribution in [-0.2, 0) is 6.42 Å². The standard InChI is InChI=1S/C16H18N2O2S/c17-10-13-4-1-2-6-16(13)20-12-14(19)11-18-8-7-15-5-3-9-21-15/h1-6,9,14,18-19H,7-8,11-12H2. The van der Waals surface area contributed by atoms with E-state index in [0.717, 1.165) is 13.0 Å². The van der Waals surface area contributed by atoms with Crippen LogP contribution < -0.4 is 10.1 Å². The maximum Gasteiger partial charge on any atom is 0.137 e. The molecule has 0 fully saturated rings. The molecule has 0 radical (unpaired) electrons. The molecule has 0 amide bonds. The maximum atomic E-state index is 9.86. The van der Waals surface area contributed by atoms with Crippen molar-refractivity contribution in [3.63, 3.8) is 0 Å². The van der Waals surface area contributed by atoms with Crippen LogP contribution in [0.3, 0.4) is 0 Å². The highest BCUT2D eigenvalue weighted by molar-refractivity contribution is 7.09. The number of hydrogen-bond acceptors (Lipinski definition) is 5. The van der Waals surface area contributed by atoms with Gasteiger partial charge in [-0.15, -0.1) is 11.3 Å². The van der Waals surface area contributed by atoms with Crippen molar-refractivity contribution in [2.45, 2.75) is 12.5 Å². The van der Waals surface area contributed by atoms with Gasteiger partial charge in [-0.25, -0.2) is 0 Å². The van der Waals surface area contributed by atoms with Crippen LogP contribution in [0.15, 0.2) is 41.8 Å². The number of rotatable bonds is 8. The quantitative estimate of drug-likeness (QED) is 0.734. The van der Waals surface area contributed by atoms with Crippen LogP contribution in [0.1, 0.15) is 10.4 Å². The zero-order valence-corrected chi connectivity index (χ0v) is 12.5. The van der Waals surface area contributed by atoms with Crippen molar-refractivity contribution >= 4 is 11.3 Å². The highest BCUT2D eigenvalue weighted by Gasteiger charge is 2.07. The van der Waals surface area contributed by atoms with E-state index in [2.05, 4.69) is 22.8 Å². The van der Waals surface area contributed by atoms with Crippen molar-refractivity contribution in [1.29, 1.82) is 5.26 Å². The summed E-state index contributed by atoms with van der Waals surface area (Å²) < 4.78 is 5.48. The zero-order chi connectivity index (χ0) is 14.9. The van der Waals surface area contributed by atoms with Crippen LogP contribution in [0.2, 0.25) is 0 Å². The van der Waals surface area contributed by atoms with Gasteiger partial charge in [-0.2, -0.15) is 5.26 Å². The summed E-state index contributed by atoms with van der Waals surface area (Å²) in [5.41, 5.74) is 0.482. The minimum atomic E-state index is -0.597. The lowest BCUT2D eigenvalue weighted by atomic mass is 10.2. The summed E-state index contributed by atoms with van der Waals surface area (Å²) in [5.74, 6) is 0.512. The Labute approximate surface area is 128 Å². The van der Waals surface area contributed by atoms with Gasteiger partial charge in [0.1, 0.15) is 24.5 Å². The average Bonchev–Trinajstić information content (AvgIpc) is 3.03. The summed E-state index contributed by atoms with van der Waals surface area (Å²) in [7, 11) is 0. The molecule has 0 saturated carbocycles. The SMILES string of the molecule is N#Cc1ccccc1OCC(O)CNCCc1cccs1. The van der Waals surface area contributed by atoms with E-state index in [4.69, 9.17) is 10.00 Å². The van der Waals surface area contributed by atoms with Crippen molar-refractivity contribution in [2.75, 3.05) is 19.7 Å². The van der Waals surface area contributed by atoms with Gasteiger partial charge in [0.2, 0.25) is 0 Å². The summed E-state index contributed by atoms with van der Waals surface area (Å²) in [6.07, 6.45) is 0.364. The van der Waals surface area contributed by atoms with Gasteiger partial charge in [0.05, 0.1) is 5.56 Å².